The highest BCUT2D eigenvalue weighted by molar-refractivity contribution is 7.89. The van der Waals surface area contributed by atoms with Gasteiger partial charge < -0.3 is 10.1 Å². The van der Waals surface area contributed by atoms with Crippen molar-refractivity contribution in [3.8, 4) is 0 Å². The average Bonchev–Trinajstić information content (AvgIpc) is 2.17. The second kappa shape index (κ2) is 5.60. The summed E-state index contributed by atoms with van der Waals surface area (Å²) in [6.45, 7) is 4.59. The van der Waals surface area contributed by atoms with E-state index < -0.39 is 10.0 Å². The minimum atomic E-state index is -3.29. The molecule has 0 radical (unpaired) electrons. The van der Waals surface area contributed by atoms with E-state index in [4.69, 9.17) is 4.74 Å². The summed E-state index contributed by atoms with van der Waals surface area (Å²) in [5, 5.41) is 2.48. The molecule has 1 saturated heterocycles. The molecule has 0 aromatic heterocycles. The SMILES string of the molecule is CC(=O)NCCS(=O)(=O)N1CCOCC1C. The number of carbonyl (C=O) groups excluding carboxylic acids is 1. The zero-order valence-electron chi connectivity index (χ0n) is 9.60. The van der Waals surface area contributed by atoms with E-state index in [-0.39, 0.29) is 24.2 Å². The van der Waals surface area contributed by atoms with Crippen molar-refractivity contribution in [2.75, 3.05) is 32.1 Å². The third kappa shape index (κ3) is 3.73. The number of morpholine rings is 1. The Hall–Kier alpha value is -0.660. The number of rotatable bonds is 4. The van der Waals surface area contributed by atoms with Crippen molar-refractivity contribution in [2.45, 2.75) is 19.9 Å². The highest BCUT2D eigenvalue weighted by atomic mass is 32.2. The van der Waals surface area contributed by atoms with E-state index in [1.54, 1.807) is 0 Å². The van der Waals surface area contributed by atoms with Gasteiger partial charge in [0.15, 0.2) is 0 Å². The standard InChI is InChI=1S/C9H18N2O4S/c1-8-7-15-5-4-11(8)16(13,14)6-3-10-9(2)12/h8H,3-7H2,1-2H3,(H,10,12). The molecule has 1 aliphatic heterocycles. The van der Waals surface area contributed by atoms with Crippen LogP contribution in [0.5, 0.6) is 0 Å². The number of amides is 1. The molecule has 1 rings (SSSR count). The zero-order chi connectivity index (χ0) is 12.2. The van der Waals surface area contributed by atoms with Crippen molar-refractivity contribution in [1.29, 1.82) is 0 Å². The Kier molecular flexibility index (Phi) is 4.69. The predicted octanol–water partition coefficient (Wildman–Crippen LogP) is -0.827. The third-order valence-electron chi connectivity index (χ3n) is 2.40. The third-order valence-corrected chi connectivity index (χ3v) is 4.38. The van der Waals surface area contributed by atoms with Crippen LogP contribution in [0.4, 0.5) is 0 Å². The van der Waals surface area contributed by atoms with E-state index in [1.165, 1.54) is 11.2 Å². The molecular weight excluding hydrogens is 232 g/mol. The second-order valence-electron chi connectivity index (χ2n) is 3.83. The summed E-state index contributed by atoms with van der Waals surface area (Å²) >= 11 is 0. The molecule has 6 nitrogen and oxygen atoms in total. The zero-order valence-corrected chi connectivity index (χ0v) is 10.4. The summed E-state index contributed by atoms with van der Waals surface area (Å²) in [5.41, 5.74) is 0. The fourth-order valence-electron chi connectivity index (χ4n) is 1.60. The van der Waals surface area contributed by atoms with E-state index >= 15 is 0 Å². The molecule has 1 fully saturated rings. The van der Waals surface area contributed by atoms with Gasteiger partial charge in [-0.3, -0.25) is 4.79 Å². The van der Waals surface area contributed by atoms with Crippen LogP contribution in [0.3, 0.4) is 0 Å². The van der Waals surface area contributed by atoms with Crippen molar-refractivity contribution in [3.05, 3.63) is 0 Å². The van der Waals surface area contributed by atoms with Crippen molar-refractivity contribution in [1.82, 2.24) is 9.62 Å². The fraction of sp³-hybridized carbons (Fsp3) is 0.889. The van der Waals surface area contributed by atoms with Gasteiger partial charge in [-0.15, -0.1) is 0 Å². The molecular formula is C9H18N2O4S. The molecule has 0 aromatic rings. The summed E-state index contributed by atoms with van der Waals surface area (Å²) in [6, 6.07) is -0.129. The van der Waals surface area contributed by atoms with Gasteiger partial charge in [-0.2, -0.15) is 4.31 Å². The first-order valence-corrected chi connectivity index (χ1v) is 6.86. The van der Waals surface area contributed by atoms with Crippen molar-refractivity contribution >= 4 is 15.9 Å². The number of hydrogen-bond acceptors (Lipinski definition) is 4. The lowest BCUT2D eigenvalue weighted by atomic mass is 10.3. The molecule has 7 heteroatoms. The predicted molar refractivity (Wildman–Crippen MR) is 59.5 cm³/mol. The van der Waals surface area contributed by atoms with Crippen LogP contribution in [0, 0.1) is 0 Å². The topological polar surface area (TPSA) is 75.7 Å². The minimum absolute atomic E-state index is 0.0586. The van der Waals surface area contributed by atoms with Gasteiger partial charge in [-0.25, -0.2) is 8.42 Å². The summed E-state index contributed by atoms with van der Waals surface area (Å²) in [7, 11) is -3.29. The molecule has 0 spiro atoms. The molecule has 1 amide bonds. The summed E-state index contributed by atoms with van der Waals surface area (Å²) in [6.07, 6.45) is 0. The van der Waals surface area contributed by atoms with Crippen molar-refractivity contribution in [2.24, 2.45) is 0 Å². The highest BCUT2D eigenvalue weighted by Crippen LogP contribution is 2.11. The van der Waals surface area contributed by atoms with Gasteiger partial charge >= 0.3 is 0 Å². The van der Waals surface area contributed by atoms with Crippen LogP contribution in [-0.2, 0) is 19.6 Å². The first-order chi connectivity index (χ1) is 7.43. The largest absolute Gasteiger partial charge is 0.378 e. The van der Waals surface area contributed by atoms with Crippen molar-refractivity contribution < 1.29 is 17.9 Å². The monoisotopic (exact) mass is 250 g/mol. The van der Waals surface area contributed by atoms with E-state index in [0.717, 1.165) is 0 Å². The summed E-state index contributed by atoms with van der Waals surface area (Å²) in [5.74, 6) is -0.276. The molecule has 0 saturated carbocycles. The number of carbonyl (C=O) groups is 1. The number of sulfonamides is 1. The number of nitrogens with zero attached hydrogens (tertiary/aromatic N) is 1. The summed E-state index contributed by atoms with van der Waals surface area (Å²) < 4.78 is 30.4. The molecule has 1 unspecified atom stereocenters. The van der Waals surface area contributed by atoms with Gasteiger partial charge in [0.1, 0.15) is 0 Å². The number of hydrogen-bond donors (Lipinski definition) is 1. The molecule has 0 bridgehead atoms. The normalized spacial score (nSPS) is 23.0. The van der Waals surface area contributed by atoms with Gasteiger partial charge in [0.2, 0.25) is 15.9 Å². The van der Waals surface area contributed by atoms with Crippen LogP contribution in [0.15, 0.2) is 0 Å². The first kappa shape index (κ1) is 13.4. The molecule has 1 heterocycles. The van der Waals surface area contributed by atoms with Crippen LogP contribution >= 0.6 is 0 Å². The lowest BCUT2D eigenvalue weighted by molar-refractivity contribution is -0.118. The molecule has 1 atom stereocenters. The molecule has 0 aromatic carbocycles. The van der Waals surface area contributed by atoms with E-state index in [1.807, 2.05) is 6.92 Å². The smallest absolute Gasteiger partial charge is 0.216 e. The lowest BCUT2D eigenvalue weighted by Crippen LogP contribution is -2.48. The van der Waals surface area contributed by atoms with E-state index in [9.17, 15) is 13.2 Å². The fourth-order valence-corrected chi connectivity index (χ4v) is 3.15. The van der Waals surface area contributed by atoms with Crippen LogP contribution < -0.4 is 5.32 Å². The quantitative estimate of drug-likeness (QED) is 0.707. The van der Waals surface area contributed by atoms with Gasteiger partial charge in [-0.05, 0) is 6.92 Å². The highest BCUT2D eigenvalue weighted by Gasteiger charge is 2.29. The van der Waals surface area contributed by atoms with Crippen LogP contribution in [-0.4, -0.2) is 56.7 Å². The Bertz CT molecular complexity index is 341. The Morgan fingerprint density at radius 2 is 2.25 bits per heavy atom. The number of nitrogens with one attached hydrogen (secondary N) is 1. The van der Waals surface area contributed by atoms with E-state index in [0.29, 0.717) is 19.8 Å². The maximum absolute atomic E-state index is 11.9. The Labute approximate surface area is 96.0 Å². The van der Waals surface area contributed by atoms with Crippen molar-refractivity contribution in [3.63, 3.8) is 0 Å². The molecule has 0 aliphatic carbocycles. The molecule has 94 valence electrons. The maximum Gasteiger partial charge on any atom is 0.216 e. The second-order valence-corrected chi connectivity index (χ2v) is 5.87. The Morgan fingerprint density at radius 1 is 1.56 bits per heavy atom. The van der Waals surface area contributed by atoms with Gasteiger partial charge in [0.25, 0.3) is 0 Å². The number of ether oxygens (including phenoxy) is 1. The van der Waals surface area contributed by atoms with Gasteiger partial charge in [0, 0.05) is 26.1 Å². The van der Waals surface area contributed by atoms with Crippen LogP contribution in [0.1, 0.15) is 13.8 Å². The molecule has 1 aliphatic rings. The van der Waals surface area contributed by atoms with Crippen LogP contribution in [0.2, 0.25) is 0 Å². The first-order valence-electron chi connectivity index (χ1n) is 5.25. The van der Waals surface area contributed by atoms with Gasteiger partial charge in [-0.1, -0.05) is 0 Å². The Morgan fingerprint density at radius 3 is 2.81 bits per heavy atom. The summed E-state index contributed by atoms with van der Waals surface area (Å²) in [4.78, 5) is 10.6. The van der Waals surface area contributed by atoms with Crippen LogP contribution in [0.25, 0.3) is 0 Å². The Balaban J connectivity index is 2.51. The molecule has 16 heavy (non-hydrogen) atoms. The molecule has 1 N–H and O–H groups in total. The lowest BCUT2D eigenvalue weighted by Gasteiger charge is -2.32. The average molecular weight is 250 g/mol. The minimum Gasteiger partial charge on any atom is -0.378 e. The van der Waals surface area contributed by atoms with Gasteiger partial charge in [0.05, 0.1) is 19.0 Å². The maximum atomic E-state index is 11.9. The van der Waals surface area contributed by atoms with E-state index in [2.05, 4.69) is 5.32 Å².